The van der Waals surface area contributed by atoms with Crippen LogP contribution >= 0.6 is 12.2 Å². The molecule has 0 unspecified atom stereocenters. The van der Waals surface area contributed by atoms with E-state index in [1.807, 2.05) is 18.2 Å². The van der Waals surface area contributed by atoms with Crippen LogP contribution in [0.15, 0.2) is 24.3 Å². The van der Waals surface area contributed by atoms with Crippen molar-refractivity contribution in [3.05, 3.63) is 29.8 Å². The minimum absolute atomic E-state index is 0.0998. The molecular formula is C15H20N2OS. The van der Waals surface area contributed by atoms with Gasteiger partial charge in [-0.15, -0.1) is 0 Å². The molecule has 0 N–H and O–H groups in total. The van der Waals surface area contributed by atoms with E-state index in [4.69, 9.17) is 12.2 Å². The minimum Gasteiger partial charge on any atom is -0.348 e. The Labute approximate surface area is 120 Å². The molecule has 1 aliphatic rings. The number of benzene rings is 1. The standard InChI is InChI=1S/C15H20N2OS/c1-4-16-10-9-14(18)17(15(16)19)13-8-6-5-7-12(13)11(2)3/h5-8,11H,4,9-10H2,1-3H3. The minimum atomic E-state index is 0.0998. The molecule has 1 heterocycles. The van der Waals surface area contributed by atoms with Gasteiger partial charge in [0, 0.05) is 19.5 Å². The Morgan fingerprint density at radius 1 is 1.32 bits per heavy atom. The van der Waals surface area contributed by atoms with Gasteiger partial charge in [0.25, 0.3) is 0 Å². The van der Waals surface area contributed by atoms with Crippen LogP contribution in [0.3, 0.4) is 0 Å². The first kappa shape index (κ1) is 14.0. The summed E-state index contributed by atoms with van der Waals surface area (Å²) in [5, 5.41) is 0.631. The van der Waals surface area contributed by atoms with Crippen LogP contribution in [0.4, 0.5) is 5.69 Å². The fourth-order valence-electron chi connectivity index (χ4n) is 2.40. The molecule has 1 amide bonds. The Morgan fingerprint density at radius 2 is 2.00 bits per heavy atom. The lowest BCUT2D eigenvalue weighted by Crippen LogP contribution is -2.52. The van der Waals surface area contributed by atoms with Crippen LogP contribution in [0.25, 0.3) is 0 Å². The molecule has 4 heteroatoms. The molecule has 1 aromatic rings. The van der Waals surface area contributed by atoms with Gasteiger partial charge in [-0.2, -0.15) is 0 Å². The Bertz CT molecular complexity index is 499. The zero-order chi connectivity index (χ0) is 14.0. The number of hydrogen-bond donors (Lipinski definition) is 0. The summed E-state index contributed by atoms with van der Waals surface area (Å²) in [5.41, 5.74) is 2.10. The average molecular weight is 276 g/mol. The summed E-state index contributed by atoms with van der Waals surface area (Å²) in [6, 6.07) is 8.02. The number of carbonyl (C=O) groups excluding carboxylic acids is 1. The molecule has 0 bridgehead atoms. The van der Waals surface area contributed by atoms with Crippen molar-refractivity contribution in [1.29, 1.82) is 0 Å². The molecule has 1 aromatic carbocycles. The lowest BCUT2D eigenvalue weighted by Gasteiger charge is -2.37. The number of rotatable bonds is 3. The number of para-hydroxylation sites is 1. The van der Waals surface area contributed by atoms with Crippen molar-refractivity contribution in [1.82, 2.24) is 4.90 Å². The summed E-state index contributed by atoms with van der Waals surface area (Å²) in [4.78, 5) is 16.0. The molecule has 1 aliphatic heterocycles. The van der Waals surface area contributed by atoms with Crippen molar-refractivity contribution in [3.8, 4) is 0 Å². The highest BCUT2D eigenvalue weighted by Gasteiger charge is 2.30. The van der Waals surface area contributed by atoms with Gasteiger partial charge in [-0.25, -0.2) is 0 Å². The quantitative estimate of drug-likeness (QED) is 0.792. The first-order valence-electron chi connectivity index (χ1n) is 6.77. The SMILES string of the molecule is CCN1CCC(=O)N(c2ccccc2C(C)C)C1=S. The van der Waals surface area contributed by atoms with Crippen molar-refractivity contribution in [2.75, 3.05) is 18.0 Å². The smallest absolute Gasteiger partial charge is 0.235 e. The highest BCUT2D eigenvalue weighted by molar-refractivity contribution is 7.80. The van der Waals surface area contributed by atoms with Gasteiger partial charge in [-0.05, 0) is 36.7 Å². The van der Waals surface area contributed by atoms with Crippen molar-refractivity contribution in [3.63, 3.8) is 0 Å². The fourth-order valence-corrected chi connectivity index (χ4v) is 2.82. The molecule has 0 aromatic heterocycles. The molecule has 2 rings (SSSR count). The van der Waals surface area contributed by atoms with Gasteiger partial charge in [-0.3, -0.25) is 9.69 Å². The first-order valence-corrected chi connectivity index (χ1v) is 7.17. The highest BCUT2D eigenvalue weighted by atomic mass is 32.1. The van der Waals surface area contributed by atoms with E-state index >= 15 is 0 Å². The molecule has 19 heavy (non-hydrogen) atoms. The molecule has 0 spiro atoms. The third-order valence-electron chi connectivity index (χ3n) is 3.49. The maximum absolute atomic E-state index is 12.3. The van der Waals surface area contributed by atoms with Gasteiger partial charge < -0.3 is 4.90 Å². The summed E-state index contributed by atoms with van der Waals surface area (Å²) >= 11 is 5.48. The van der Waals surface area contributed by atoms with Crippen molar-refractivity contribution < 1.29 is 4.79 Å². The number of thiocarbonyl (C=S) groups is 1. The molecule has 0 aliphatic carbocycles. The third-order valence-corrected chi connectivity index (χ3v) is 3.93. The Hall–Kier alpha value is -1.42. The van der Waals surface area contributed by atoms with Gasteiger partial charge in [0.05, 0.1) is 5.69 Å². The summed E-state index contributed by atoms with van der Waals surface area (Å²) in [5.74, 6) is 0.464. The normalized spacial score (nSPS) is 16.4. The predicted octanol–water partition coefficient (Wildman–Crippen LogP) is 3.15. The van der Waals surface area contributed by atoms with Crippen LogP contribution < -0.4 is 4.90 Å². The van der Waals surface area contributed by atoms with Crippen LogP contribution in [0.5, 0.6) is 0 Å². The van der Waals surface area contributed by atoms with Gasteiger partial charge in [0.2, 0.25) is 5.91 Å². The summed E-state index contributed by atoms with van der Waals surface area (Å²) < 4.78 is 0. The summed E-state index contributed by atoms with van der Waals surface area (Å²) in [6.45, 7) is 7.90. The maximum Gasteiger partial charge on any atom is 0.235 e. The number of nitrogens with zero attached hydrogens (tertiary/aromatic N) is 2. The van der Waals surface area contributed by atoms with Gasteiger partial charge in [-0.1, -0.05) is 32.0 Å². The summed E-state index contributed by atoms with van der Waals surface area (Å²) in [7, 11) is 0. The summed E-state index contributed by atoms with van der Waals surface area (Å²) in [6.07, 6.45) is 0.528. The molecule has 1 fully saturated rings. The second-order valence-electron chi connectivity index (χ2n) is 5.05. The van der Waals surface area contributed by atoms with Crippen LogP contribution in [0.1, 0.15) is 38.7 Å². The second-order valence-corrected chi connectivity index (χ2v) is 5.42. The van der Waals surface area contributed by atoms with E-state index in [1.165, 1.54) is 0 Å². The Kier molecular flexibility index (Phi) is 4.20. The monoisotopic (exact) mass is 276 g/mol. The lowest BCUT2D eigenvalue weighted by molar-refractivity contribution is -0.118. The third kappa shape index (κ3) is 2.63. The highest BCUT2D eigenvalue weighted by Crippen LogP contribution is 2.30. The van der Waals surface area contributed by atoms with Gasteiger partial charge in [0.15, 0.2) is 5.11 Å². The predicted molar refractivity (Wildman–Crippen MR) is 82.5 cm³/mol. The van der Waals surface area contributed by atoms with E-state index in [0.717, 1.165) is 24.3 Å². The zero-order valence-corrected chi connectivity index (χ0v) is 12.5. The first-order chi connectivity index (χ1) is 9.06. The van der Waals surface area contributed by atoms with E-state index in [1.54, 1.807) is 4.90 Å². The molecule has 1 saturated heterocycles. The molecule has 3 nitrogen and oxygen atoms in total. The van der Waals surface area contributed by atoms with Crippen molar-refractivity contribution >= 4 is 28.9 Å². The number of amides is 1. The van der Waals surface area contributed by atoms with E-state index in [0.29, 0.717) is 17.5 Å². The molecule has 0 saturated carbocycles. The Balaban J connectivity index is 2.44. The van der Waals surface area contributed by atoms with E-state index in [-0.39, 0.29) is 5.91 Å². The number of hydrogen-bond acceptors (Lipinski definition) is 2. The van der Waals surface area contributed by atoms with E-state index in [2.05, 4.69) is 31.7 Å². The van der Waals surface area contributed by atoms with Gasteiger partial charge >= 0.3 is 0 Å². The molecule has 0 radical (unpaired) electrons. The second kappa shape index (κ2) is 5.70. The van der Waals surface area contributed by atoms with Crippen LogP contribution in [-0.4, -0.2) is 29.0 Å². The fraction of sp³-hybridized carbons (Fsp3) is 0.467. The topological polar surface area (TPSA) is 23.6 Å². The number of carbonyl (C=O) groups is 1. The molecular weight excluding hydrogens is 256 g/mol. The zero-order valence-electron chi connectivity index (χ0n) is 11.7. The average Bonchev–Trinajstić information content (AvgIpc) is 2.39. The van der Waals surface area contributed by atoms with Crippen LogP contribution in [-0.2, 0) is 4.79 Å². The lowest BCUT2D eigenvalue weighted by atomic mass is 10.00. The van der Waals surface area contributed by atoms with Crippen LogP contribution in [0, 0.1) is 0 Å². The van der Waals surface area contributed by atoms with Crippen molar-refractivity contribution in [2.45, 2.75) is 33.1 Å². The maximum atomic E-state index is 12.3. The number of anilines is 1. The largest absolute Gasteiger partial charge is 0.348 e. The molecule has 0 atom stereocenters. The molecule has 102 valence electrons. The van der Waals surface area contributed by atoms with E-state index in [9.17, 15) is 4.79 Å². The van der Waals surface area contributed by atoms with Crippen LogP contribution in [0.2, 0.25) is 0 Å². The van der Waals surface area contributed by atoms with Crippen molar-refractivity contribution in [2.24, 2.45) is 0 Å². The Morgan fingerprint density at radius 3 is 2.63 bits per heavy atom. The van der Waals surface area contributed by atoms with E-state index < -0.39 is 0 Å². The van der Waals surface area contributed by atoms with Gasteiger partial charge in [0.1, 0.15) is 0 Å².